The highest BCUT2D eigenvalue weighted by molar-refractivity contribution is 7.99. The van der Waals surface area contributed by atoms with Crippen LogP contribution in [-0.2, 0) is 15.1 Å². The Bertz CT molecular complexity index is 1870. The predicted octanol–water partition coefficient (Wildman–Crippen LogP) is 6.65. The van der Waals surface area contributed by atoms with Crippen molar-refractivity contribution in [2.45, 2.75) is 40.4 Å². The molecule has 0 radical (unpaired) electrons. The van der Waals surface area contributed by atoms with Crippen molar-refractivity contribution >= 4 is 22.9 Å². The van der Waals surface area contributed by atoms with Crippen LogP contribution in [-0.4, -0.2) is 57.7 Å². The maximum Gasteiger partial charge on any atom is 0.166 e. The van der Waals surface area contributed by atoms with Crippen LogP contribution in [0, 0.1) is 0 Å². The van der Waals surface area contributed by atoms with E-state index in [0.717, 1.165) is 38.1 Å². The lowest BCUT2D eigenvalue weighted by atomic mass is 9.80. The molecule has 0 bridgehead atoms. The summed E-state index contributed by atoms with van der Waals surface area (Å²) in [6, 6.07) is 35.8. The predicted molar refractivity (Wildman–Crippen MR) is 179 cm³/mol. The fourth-order valence-corrected chi connectivity index (χ4v) is 6.89. The van der Waals surface area contributed by atoms with Gasteiger partial charge in [-0.05, 0) is 53.1 Å². The van der Waals surface area contributed by atoms with Crippen LogP contribution in [0.25, 0.3) is 11.2 Å². The average Bonchev–Trinajstić information content (AvgIpc) is 3.73. The molecule has 0 saturated carbocycles. The number of aromatic nitrogens is 4. The number of nitrogens with zero attached hydrogens (tertiary/aromatic N) is 4. The summed E-state index contributed by atoms with van der Waals surface area (Å²) in [6.07, 6.45) is 1.72. The highest BCUT2D eigenvalue weighted by Crippen LogP contribution is 2.43. The minimum absolute atomic E-state index is 0.112. The van der Waals surface area contributed by atoms with E-state index in [2.05, 4.69) is 15.0 Å². The van der Waals surface area contributed by atoms with Crippen LogP contribution in [0.5, 0.6) is 11.5 Å². The molecule has 0 unspecified atom stereocenters. The Labute approximate surface area is 277 Å². The van der Waals surface area contributed by atoms with Crippen molar-refractivity contribution in [2.24, 2.45) is 0 Å². The zero-order valence-corrected chi connectivity index (χ0v) is 26.8. The highest BCUT2D eigenvalue weighted by Gasteiger charge is 2.42. The third kappa shape index (κ3) is 6.08. The van der Waals surface area contributed by atoms with Gasteiger partial charge in [-0.3, -0.25) is 4.57 Å². The zero-order valence-electron chi connectivity index (χ0n) is 26.0. The molecule has 1 aliphatic heterocycles. The van der Waals surface area contributed by atoms with Gasteiger partial charge in [0.05, 0.1) is 33.3 Å². The number of benzene rings is 4. The number of hydrogen-bond acceptors (Lipinski definition) is 9. The van der Waals surface area contributed by atoms with Crippen molar-refractivity contribution < 1.29 is 24.1 Å². The second-order valence-electron chi connectivity index (χ2n) is 11.2. The van der Waals surface area contributed by atoms with Gasteiger partial charge in [-0.15, -0.1) is 0 Å². The number of methoxy groups -OCH3 is 2. The van der Waals surface area contributed by atoms with Gasteiger partial charge in [0.15, 0.2) is 5.65 Å². The molecule has 1 aliphatic rings. The Morgan fingerprint density at radius 3 is 2.00 bits per heavy atom. The van der Waals surface area contributed by atoms with Crippen LogP contribution in [0.15, 0.2) is 132 Å². The molecule has 0 amide bonds. The van der Waals surface area contributed by atoms with Crippen molar-refractivity contribution in [2.75, 3.05) is 20.8 Å². The van der Waals surface area contributed by atoms with Crippen LogP contribution < -0.4 is 9.47 Å². The number of aliphatic hydroxyl groups excluding tert-OH is 1. The summed E-state index contributed by atoms with van der Waals surface area (Å²) in [7, 11) is 3.29. The molecule has 1 saturated heterocycles. The molecule has 1 fully saturated rings. The summed E-state index contributed by atoms with van der Waals surface area (Å²) < 4.78 is 26.3. The smallest absolute Gasteiger partial charge is 0.166 e. The van der Waals surface area contributed by atoms with Gasteiger partial charge in [0, 0.05) is 11.3 Å². The van der Waals surface area contributed by atoms with E-state index in [1.54, 1.807) is 20.5 Å². The van der Waals surface area contributed by atoms with E-state index < -0.39 is 24.0 Å². The van der Waals surface area contributed by atoms with Crippen molar-refractivity contribution in [1.82, 2.24) is 19.5 Å². The Morgan fingerprint density at radius 2 is 1.38 bits per heavy atom. The minimum Gasteiger partial charge on any atom is -0.497 e. The molecule has 2 aromatic heterocycles. The number of rotatable bonds is 11. The number of imidazole rings is 1. The van der Waals surface area contributed by atoms with Gasteiger partial charge < -0.3 is 24.1 Å². The third-order valence-corrected chi connectivity index (χ3v) is 9.43. The van der Waals surface area contributed by atoms with Crippen molar-refractivity contribution in [3.05, 3.63) is 139 Å². The van der Waals surface area contributed by atoms with Crippen molar-refractivity contribution in [3.8, 4) is 11.5 Å². The summed E-state index contributed by atoms with van der Waals surface area (Å²) in [5.41, 5.74) is 3.03. The third-order valence-electron chi connectivity index (χ3n) is 8.43. The highest BCUT2D eigenvalue weighted by atomic mass is 32.2. The Balaban J connectivity index is 1.20. The average molecular weight is 647 g/mol. The van der Waals surface area contributed by atoms with Gasteiger partial charge in [-0.25, -0.2) is 15.0 Å². The van der Waals surface area contributed by atoms with Gasteiger partial charge in [-0.2, -0.15) is 0 Å². The lowest BCUT2D eigenvalue weighted by Crippen LogP contribution is -2.38. The first-order valence-electron chi connectivity index (χ1n) is 15.3. The molecule has 7 rings (SSSR count). The molecular weight excluding hydrogens is 612 g/mol. The lowest BCUT2D eigenvalue weighted by Gasteiger charge is -2.37. The number of aliphatic hydroxyl groups is 1. The molecule has 1 N–H and O–H groups in total. The van der Waals surface area contributed by atoms with Crippen molar-refractivity contribution in [1.29, 1.82) is 0 Å². The van der Waals surface area contributed by atoms with E-state index in [1.165, 1.54) is 18.1 Å². The van der Waals surface area contributed by atoms with Gasteiger partial charge in [-0.1, -0.05) is 84.6 Å². The number of ether oxygens (including phenoxy) is 4. The fraction of sp³-hybridized carbons (Fsp3) is 0.216. The lowest BCUT2D eigenvalue weighted by molar-refractivity contribution is -0.0931. The SMILES string of the molecule is COc1ccc(C(OC[C@H]2O[C@@H](n3cnc4c(Sc5ccccc5)ncnc43)C[C@@H]2O)(c2ccccc2)c2ccc(OC)cc2)cc1. The molecule has 10 heteroatoms. The van der Waals surface area contributed by atoms with Crippen LogP contribution in [0.3, 0.4) is 0 Å². The standard InChI is InChI=1S/C37H34N4O5S/c1-43-28-17-13-26(14-18-28)37(25-9-5-3-6-10-25,27-15-19-29(44-2)20-16-27)45-22-32-31(42)21-33(46-32)41-24-40-34-35(41)38-23-39-36(34)47-30-11-7-4-8-12-30/h3-20,23-24,31-33,42H,21-22H2,1-2H3/t31-,32+,33+/m0/s1. The summed E-state index contributed by atoms with van der Waals surface area (Å²) in [5, 5.41) is 12.1. The molecule has 4 aromatic carbocycles. The topological polar surface area (TPSA) is 101 Å². The van der Waals surface area contributed by atoms with Gasteiger partial charge in [0.1, 0.15) is 46.3 Å². The maximum atomic E-state index is 11.3. The van der Waals surface area contributed by atoms with Gasteiger partial charge >= 0.3 is 0 Å². The Hall–Kier alpha value is -4.74. The molecule has 3 atom stereocenters. The van der Waals surface area contributed by atoms with Gasteiger partial charge in [0.2, 0.25) is 0 Å². The van der Waals surface area contributed by atoms with E-state index in [4.69, 9.17) is 18.9 Å². The van der Waals surface area contributed by atoms with Crippen LogP contribution in [0.2, 0.25) is 0 Å². The number of hydrogen-bond donors (Lipinski definition) is 1. The van der Waals surface area contributed by atoms with E-state index in [1.807, 2.05) is 114 Å². The monoisotopic (exact) mass is 646 g/mol. The van der Waals surface area contributed by atoms with Crippen LogP contribution in [0.4, 0.5) is 0 Å². The van der Waals surface area contributed by atoms with E-state index in [0.29, 0.717) is 17.6 Å². The minimum atomic E-state index is -1.03. The second kappa shape index (κ2) is 13.5. The van der Waals surface area contributed by atoms with E-state index in [-0.39, 0.29) is 6.61 Å². The Kier molecular flexibility index (Phi) is 8.90. The second-order valence-corrected chi connectivity index (χ2v) is 12.2. The first kappa shape index (κ1) is 30.9. The maximum absolute atomic E-state index is 11.3. The molecule has 0 spiro atoms. The normalized spacial score (nSPS) is 18.0. The van der Waals surface area contributed by atoms with Crippen LogP contribution >= 0.6 is 11.8 Å². The molecule has 6 aromatic rings. The summed E-state index contributed by atoms with van der Waals surface area (Å²) in [5.74, 6) is 1.48. The summed E-state index contributed by atoms with van der Waals surface area (Å²) >= 11 is 1.53. The molecular formula is C37H34N4O5S. The van der Waals surface area contributed by atoms with E-state index >= 15 is 0 Å². The van der Waals surface area contributed by atoms with Crippen LogP contribution in [0.1, 0.15) is 29.3 Å². The largest absolute Gasteiger partial charge is 0.497 e. The summed E-state index contributed by atoms with van der Waals surface area (Å²) in [4.78, 5) is 14.7. The molecule has 238 valence electrons. The number of fused-ring (bicyclic) bond motifs is 1. The molecule has 47 heavy (non-hydrogen) atoms. The summed E-state index contributed by atoms with van der Waals surface area (Å²) in [6.45, 7) is 0.112. The zero-order chi connectivity index (χ0) is 32.2. The van der Waals surface area contributed by atoms with E-state index in [9.17, 15) is 5.11 Å². The Morgan fingerprint density at radius 1 is 0.787 bits per heavy atom. The molecule has 0 aliphatic carbocycles. The van der Waals surface area contributed by atoms with Gasteiger partial charge in [0.25, 0.3) is 0 Å². The van der Waals surface area contributed by atoms with Crippen molar-refractivity contribution in [3.63, 3.8) is 0 Å². The first-order chi connectivity index (χ1) is 23.1. The first-order valence-corrected chi connectivity index (χ1v) is 16.1. The molecule has 9 nitrogen and oxygen atoms in total. The quantitative estimate of drug-likeness (QED) is 0.122. The molecule has 3 heterocycles. The fourth-order valence-electron chi connectivity index (χ4n) is 6.03.